The van der Waals surface area contributed by atoms with Crippen LogP contribution in [0.15, 0.2) is 30.6 Å². The molecule has 1 rings (SSSR count). The number of carbonyl (C=O) groups is 1. The number of hydrogen-bond donors (Lipinski definition) is 3. The average Bonchev–Trinajstić information content (AvgIpc) is 2.20. The summed E-state index contributed by atoms with van der Waals surface area (Å²) in [7, 11) is 0. The van der Waals surface area contributed by atoms with Crippen LogP contribution in [-0.2, 0) is 4.79 Å². The molecule has 0 aliphatic rings. The molecule has 15 heavy (non-hydrogen) atoms. The van der Waals surface area contributed by atoms with Gasteiger partial charge in [-0.25, -0.2) is 14.2 Å². The van der Waals surface area contributed by atoms with Gasteiger partial charge in [-0.1, -0.05) is 0 Å². The molecule has 0 aliphatic heterocycles. The van der Waals surface area contributed by atoms with Gasteiger partial charge >= 0.3 is 5.97 Å². The third-order valence-corrected chi connectivity index (χ3v) is 1.44. The highest BCUT2D eigenvalue weighted by atomic mass is 19.1. The lowest BCUT2D eigenvalue weighted by Gasteiger charge is -1.97. The topological polar surface area (TPSA) is 86.1 Å². The summed E-state index contributed by atoms with van der Waals surface area (Å²) in [6.07, 6.45) is 3.34. The molecule has 0 atom stereocenters. The Morgan fingerprint density at radius 1 is 1.60 bits per heavy atom. The summed E-state index contributed by atoms with van der Waals surface area (Å²) in [5.74, 6) is -1.41. The first-order valence-electron chi connectivity index (χ1n) is 3.96. The maximum Gasteiger partial charge on any atom is 0.353 e. The third-order valence-electron chi connectivity index (χ3n) is 1.44. The molecule has 3 N–H and O–H groups in total. The minimum absolute atomic E-state index is 0.367. The van der Waals surface area contributed by atoms with E-state index in [1.54, 1.807) is 0 Å². The normalized spacial score (nSPS) is 10.2. The van der Waals surface area contributed by atoms with Crippen LogP contribution in [0.25, 0.3) is 0 Å². The van der Waals surface area contributed by atoms with Crippen LogP contribution in [0.5, 0.6) is 0 Å². The summed E-state index contributed by atoms with van der Waals surface area (Å²) >= 11 is 0. The molecule has 0 aromatic carbocycles. The van der Waals surface area contributed by atoms with E-state index in [4.69, 9.17) is 10.5 Å². The van der Waals surface area contributed by atoms with Crippen molar-refractivity contribution in [1.29, 1.82) is 5.41 Å². The number of aliphatic carboxylic acids is 1. The predicted molar refractivity (Wildman–Crippen MR) is 52.3 cm³/mol. The number of hydrogen-bond acceptors (Lipinski definition) is 4. The van der Waals surface area contributed by atoms with Gasteiger partial charge in [-0.3, -0.25) is 5.41 Å². The van der Waals surface area contributed by atoms with Gasteiger partial charge in [-0.2, -0.15) is 0 Å². The molecule has 1 heterocycles. The molecule has 1 aromatic rings. The van der Waals surface area contributed by atoms with Crippen molar-refractivity contribution in [1.82, 2.24) is 4.98 Å². The number of nitrogens with zero attached hydrogens (tertiary/aromatic N) is 1. The second-order valence-electron chi connectivity index (χ2n) is 2.56. The summed E-state index contributed by atoms with van der Waals surface area (Å²) in [5.41, 5.74) is -0.551. The van der Waals surface area contributed by atoms with Gasteiger partial charge in [-0.05, 0) is 18.2 Å². The highest BCUT2D eigenvalue weighted by molar-refractivity contribution is 6.38. The van der Waals surface area contributed by atoms with E-state index < -0.39 is 17.5 Å². The Labute approximate surface area is 84.8 Å². The van der Waals surface area contributed by atoms with E-state index in [0.717, 1.165) is 12.3 Å². The predicted octanol–water partition coefficient (Wildman–Crippen LogP) is 1.25. The van der Waals surface area contributed by atoms with Gasteiger partial charge in [0.05, 0.1) is 6.20 Å². The van der Waals surface area contributed by atoms with Crippen LogP contribution in [0.1, 0.15) is 0 Å². The van der Waals surface area contributed by atoms with Crippen molar-refractivity contribution in [2.75, 3.05) is 5.32 Å². The second kappa shape index (κ2) is 4.85. The molecule has 0 saturated carbocycles. The Bertz CT molecular complexity index is 400. The molecule has 0 radical (unpaired) electrons. The van der Waals surface area contributed by atoms with E-state index in [2.05, 4.69) is 10.3 Å². The van der Waals surface area contributed by atoms with E-state index >= 15 is 0 Å². The van der Waals surface area contributed by atoms with Gasteiger partial charge < -0.3 is 10.4 Å². The van der Waals surface area contributed by atoms with Crippen LogP contribution < -0.4 is 5.32 Å². The van der Waals surface area contributed by atoms with Crippen LogP contribution in [0, 0.1) is 11.2 Å². The van der Waals surface area contributed by atoms with Crippen molar-refractivity contribution in [3.8, 4) is 0 Å². The minimum atomic E-state index is -1.32. The molecule has 0 spiro atoms. The number of carboxylic acid groups (broad SMARTS) is 1. The molecule has 0 amide bonds. The zero-order chi connectivity index (χ0) is 11.3. The molecule has 0 fully saturated rings. The van der Waals surface area contributed by atoms with Gasteiger partial charge in [0.15, 0.2) is 0 Å². The van der Waals surface area contributed by atoms with E-state index in [0.29, 0.717) is 5.82 Å². The number of halogens is 1. The number of rotatable bonds is 4. The lowest BCUT2D eigenvalue weighted by atomic mass is 10.4. The standard InChI is InChI=1S/C9H8FN3O2/c10-6-1-2-8(13-5-6)12-4-3-7(11)9(14)15/h1-5,11H,(H,12,13)(H,14,15)/b4-3-,11-7?. The molecule has 0 saturated heterocycles. The van der Waals surface area contributed by atoms with Crippen LogP contribution in [0.3, 0.4) is 0 Å². The molecular formula is C9H8FN3O2. The van der Waals surface area contributed by atoms with Gasteiger partial charge in [0, 0.05) is 6.20 Å². The van der Waals surface area contributed by atoms with Gasteiger partial charge in [0.1, 0.15) is 17.3 Å². The Morgan fingerprint density at radius 2 is 2.33 bits per heavy atom. The fraction of sp³-hybridized carbons (Fsp3) is 0. The molecule has 6 heteroatoms. The second-order valence-corrected chi connectivity index (χ2v) is 2.56. The fourth-order valence-electron chi connectivity index (χ4n) is 0.743. The zero-order valence-electron chi connectivity index (χ0n) is 7.57. The zero-order valence-corrected chi connectivity index (χ0v) is 7.57. The molecule has 78 valence electrons. The van der Waals surface area contributed by atoms with Crippen molar-refractivity contribution in [3.05, 3.63) is 36.4 Å². The first-order valence-corrected chi connectivity index (χ1v) is 3.96. The fourth-order valence-corrected chi connectivity index (χ4v) is 0.743. The Hall–Kier alpha value is -2.24. The van der Waals surface area contributed by atoms with E-state index in [1.165, 1.54) is 18.3 Å². The number of aromatic nitrogens is 1. The van der Waals surface area contributed by atoms with Crippen LogP contribution in [-0.4, -0.2) is 21.8 Å². The van der Waals surface area contributed by atoms with Crippen LogP contribution in [0.2, 0.25) is 0 Å². The number of anilines is 1. The molecule has 1 aromatic heterocycles. The number of carboxylic acids is 1. The van der Waals surface area contributed by atoms with Crippen molar-refractivity contribution < 1.29 is 14.3 Å². The number of pyridine rings is 1. The lowest BCUT2D eigenvalue weighted by Crippen LogP contribution is -2.08. The van der Waals surface area contributed by atoms with E-state index in [9.17, 15) is 9.18 Å². The molecule has 5 nitrogen and oxygen atoms in total. The van der Waals surface area contributed by atoms with Crippen molar-refractivity contribution in [2.24, 2.45) is 0 Å². The van der Waals surface area contributed by atoms with Crippen molar-refractivity contribution in [2.45, 2.75) is 0 Å². The van der Waals surface area contributed by atoms with E-state index in [-0.39, 0.29) is 0 Å². The SMILES string of the molecule is N=C(/C=C\Nc1ccc(F)cn1)C(=O)O. The van der Waals surface area contributed by atoms with Crippen molar-refractivity contribution in [3.63, 3.8) is 0 Å². The summed E-state index contributed by atoms with van der Waals surface area (Å²) < 4.78 is 12.4. The Kier molecular flexibility index (Phi) is 3.50. The Morgan fingerprint density at radius 3 is 2.87 bits per heavy atom. The highest BCUT2D eigenvalue weighted by Crippen LogP contribution is 2.02. The third kappa shape index (κ3) is 3.55. The largest absolute Gasteiger partial charge is 0.477 e. The molecule has 0 bridgehead atoms. The van der Waals surface area contributed by atoms with Gasteiger partial charge in [0.2, 0.25) is 0 Å². The first kappa shape index (κ1) is 10.8. The average molecular weight is 209 g/mol. The van der Waals surface area contributed by atoms with Crippen LogP contribution >= 0.6 is 0 Å². The maximum absolute atomic E-state index is 12.4. The summed E-state index contributed by atoms with van der Waals surface area (Å²) in [6, 6.07) is 2.61. The minimum Gasteiger partial charge on any atom is -0.477 e. The van der Waals surface area contributed by atoms with E-state index in [1.807, 2.05) is 0 Å². The van der Waals surface area contributed by atoms with Crippen molar-refractivity contribution >= 4 is 17.5 Å². The summed E-state index contributed by atoms with van der Waals surface area (Å²) in [4.78, 5) is 13.9. The highest BCUT2D eigenvalue weighted by Gasteiger charge is 1.99. The first-order chi connectivity index (χ1) is 7.09. The summed E-state index contributed by atoms with van der Waals surface area (Å²) in [5, 5.41) is 17.9. The number of nitrogens with one attached hydrogen (secondary N) is 2. The van der Waals surface area contributed by atoms with Gasteiger partial charge in [-0.15, -0.1) is 0 Å². The summed E-state index contributed by atoms with van der Waals surface area (Å²) in [6.45, 7) is 0. The Balaban J connectivity index is 2.54. The lowest BCUT2D eigenvalue weighted by molar-refractivity contribution is -0.129. The monoisotopic (exact) mass is 209 g/mol. The molecule has 0 unspecified atom stereocenters. The maximum atomic E-state index is 12.4. The quantitative estimate of drug-likeness (QED) is 0.651. The van der Waals surface area contributed by atoms with Gasteiger partial charge in [0.25, 0.3) is 0 Å². The molecule has 0 aliphatic carbocycles. The molecular weight excluding hydrogens is 201 g/mol. The van der Waals surface area contributed by atoms with Crippen LogP contribution in [0.4, 0.5) is 10.2 Å². The smallest absolute Gasteiger partial charge is 0.353 e.